The van der Waals surface area contributed by atoms with Crippen molar-refractivity contribution >= 4 is 29.0 Å². The van der Waals surface area contributed by atoms with E-state index in [2.05, 4.69) is 20.5 Å². The molecule has 6 nitrogen and oxygen atoms in total. The molecule has 2 heterocycles. The van der Waals surface area contributed by atoms with Gasteiger partial charge in [0.1, 0.15) is 5.82 Å². The van der Waals surface area contributed by atoms with Gasteiger partial charge in [-0.25, -0.2) is 4.98 Å². The van der Waals surface area contributed by atoms with Gasteiger partial charge >= 0.3 is 0 Å². The van der Waals surface area contributed by atoms with Crippen molar-refractivity contribution in [3.05, 3.63) is 71.4 Å². The molecule has 1 amide bonds. The van der Waals surface area contributed by atoms with Gasteiger partial charge in [0.25, 0.3) is 5.91 Å². The van der Waals surface area contributed by atoms with E-state index in [0.29, 0.717) is 5.56 Å². The van der Waals surface area contributed by atoms with Gasteiger partial charge in [-0.3, -0.25) is 4.79 Å². The number of anilines is 4. The molecule has 4 rings (SSSR count). The predicted octanol–water partition coefficient (Wildman–Crippen LogP) is 5.08. The number of rotatable bonds is 5. The van der Waals surface area contributed by atoms with Gasteiger partial charge in [0.15, 0.2) is 0 Å². The number of piperidine rings is 1. The average Bonchev–Trinajstić information content (AvgIpc) is 2.75. The van der Waals surface area contributed by atoms with E-state index in [4.69, 9.17) is 4.98 Å². The minimum absolute atomic E-state index is 0.114. The molecule has 0 atom stereocenters. The van der Waals surface area contributed by atoms with Crippen molar-refractivity contribution in [1.29, 1.82) is 0 Å². The smallest absolute Gasteiger partial charge is 0.255 e. The molecule has 1 saturated heterocycles. The number of aromatic nitrogens is 2. The van der Waals surface area contributed by atoms with E-state index in [0.717, 1.165) is 47.5 Å². The molecule has 0 saturated carbocycles. The van der Waals surface area contributed by atoms with Crippen LogP contribution in [0.2, 0.25) is 0 Å². The van der Waals surface area contributed by atoms with Crippen LogP contribution >= 0.6 is 0 Å². The zero-order valence-electron chi connectivity index (χ0n) is 17.5. The van der Waals surface area contributed by atoms with Crippen LogP contribution in [0.3, 0.4) is 0 Å². The summed E-state index contributed by atoms with van der Waals surface area (Å²) in [5.74, 6) is 1.45. The molecule has 0 radical (unpaired) electrons. The maximum atomic E-state index is 12.4. The van der Waals surface area contributed by atoms with Gasteiger partial charge in [0.2, 0.25) is 5.95 Å². The van der Waals surface area contributed by atoms with Crippen molar-refractivity contribution in [1.82, 2.24) is 9.97 Å². The van der Waals surface area contributed by atoms with Gasteiger partial charge in [0, 0.05) is 41.8 Å². The molecule has 1 aliphatic rings. The maximum Gasteiger partial charge on any atom is 0.255 e. The number of nitrogens with one attached hydrogen (secondary N) is 2. The van der Waals surface area contributed by atoms with Crippen molar-refractivity contribution < 1.29 is 4.79 Å². The van der Waals surface area contributed by atoms with Crippen LogP contribution in [-0.4, -0.2) is 29.0 Å². The first-order valence-corrected chi connectivity index (χ1v) is 10.4. The summed E-state index contributed by atoms with van der Waals surface area (Å²) in [4.78, 5) is 24.0. The minimum atomic E-state index is -0.114. The molecule has 1 fully saturated rings. The highest BCUT2D eigenvalue weighted by atomic mass is 16.1. The molecule has 6 heteroatoms. The Balaban J connectivity index is 1.43. The second-order valence-electron chi connectivity index (χ2n) is 7.77. The van der Waals surface area contributed by atoms with Crippen LogP contribution < -0.4 is 15.5 Å². The standard InChI is InChI=1S/C24H27N5O/c1-17-7-6-8-19(15-17)23(30)27-21-11-9-20(10-12-21)26-22-16-18(2)25-24(28-22)29-13-4-3-5-14-29/h6-12,15-16H,3-5,13-14H2,1-2H3,(H,27,30)(H,25,26,28). The topological polar surface area (TPSA) is 70.2 Å². The Bertz CT molecular complexity index is 1030. The monoisotopic (exact) mass is 401 g/mol. The number of aryl methyl sites for hydroxylation is 2. The Morgan fingerprint density at radius 2 is 1.63 bits per heavy atom. The van der Waals surface area contributed by atoms with Crippen LogP contribution in [0.4, 0.5) is 23.1 Å². The molecular formula is C24H27N5O. The summed E-state index contributed by atoms with van der Waals surface area (Å²) in [5, 5.41) is 6.29. The maximum absolute atomic E-state index is 12.4. The van der Waals surface area contributed by atoms with E-state index in [-0.39, 0.29) is 5.91 Å². The number of carbonyl (C=O) groups is 1. The lowest BCUT2D eigenvalue weighted by molar-refractivity contribution is 0.102. The summed E-state index contributed by atoms with van der Waals surface area (Å²) >= 11 is 0. The van der Waals surface area contributed by atoms with Crippen molar-refractivity contribution in [2.45, 2.75) is 33.1 Å². The van der Waals surface area contributed by atoms with Gasteiger partial charge in [-0.05, 0) is 69.5 Å². The van der Waals surface area contributed by atoms with Crippen LogP contribution in [0.25, 0.3) is 0 Å². The molecule has 0 spiro atoms. The van der Waals surface area contributed by atoms with E-state index in [1.165, 1.54) is 19.3 Å². The molecule has 0 bridgehead atoms. The first kappa shape index (κ1) is 19.9. The highest BCUT2D eigenvalue weighted by Gasteiger charge is 2.15. The van der Waals surface area contributed by atoms with Crippen LogP contribution in [0.15, 0.2) is 54.6 Å². The largest absolute Gasteiger partial charge is 0.341 e. The molecule has 0 unspecified atom stereocenters. The summed E-state index contributed by atoms with van der Waals surface area (Å²) in [5.41, 5.74) is 4.31. The summed E-state index contributed by atoms with van der Waals surface area (Å²) < 4.78 is 0. The van der Waals surface area contributed by atoms with E-state index in [1.807, 2.05) is 68.4 Å². The fourth-order valence-corrected chi connectivity index (χ4v) is 3.63. The number of nitrogens with zero attached hydrogens (tertiary/aromatic N) is 3. The lowest BCUT2D eigenvalue weighted by Gasteiger charge is -2.27. The Labute approximate surface area is 177 Å². The van der Waals surface area contributed by atoms with Crippen molar-refractivity contribution in [3.63, 3.8) is 0 Å². The Hall–Kier alpha value is -3.41. The zero-order chi connectivity index (χ0) is 20.9. The van der Waals surface area contributed by atoms with Crippen LogP contribution in [0.5, 0.6) is 0 Å². The van der Waals surface area contributed by atoms with Crippen molar-refractivity contribution in [2.24, 2.45) is 0 Å². The normalized spacial score (nSPS) is 13.7. The first-order chi connectivity index (χ1) is 14.6. The number of amides is 1. The third kappa shape index (κ3) is 4.95. The molecule has 1 aromatic heterocycles. The molecule has 30 heavy (non-hydrogen) atoms. The van der Waals surface area contributed by atoms with Gasteiger partial charge in [-0.1, -0.05) is 17.7 Å². The lowest BCUT2D eigenvalue weighted by Crippen LogP contribution is -2.31. The molecule has 3 aromatic rings. The first-order valence-electron chi connectivity index (χ1n) is 10.4. The van der Waals surface area contributed by atoms with Crippen molar-refractivity contribution in [3.8, 4) is 0 Å². The number of carbonyl (C=O) groups excluding carboxylic acids is 1. The molecule has 0 aliphatic carbocycles. The van der Waals surface area contributed by atoms with Crippen LogP contribution in [-0.2, 0) is 0 Å². The zero-order valence-corrected chi connectivity index (χ0v) is 17.5. The summed E-state index contributed by atoms with van der Waals surface area (Å²) in [6.07, 6.45) is 3.66. The van der Waals surface area contributed by atoms with Crippen LogP contribution in [0, 0.1) is 13.8 Å². The Kier molecular flexibility index (Phi) is 5.93. The van der Waals surface area contributed by atoms with Gasteiger partial charge in [0.05, 0.1) is 0 Å². The lowest BCUT2D eigenvalue weighted by atomic mass is 10.1. The number of hydrogen-bond donors (Lipinski definition) is 2. The molecule has 2 N–H and O–H groups in total. The highest BCUT2D eigenvalue weighted by Crippen LogP contribution is 2.22. The quantitative estimate of drug-likeness (QED) is 0.624. The fraction of sp³-hybridized carbons (Fsp3) is 0.292. The molecule has 154 valence electrons. The van der Waals surface area contributed by atoms with E-state index in [1.54, 1.807) is 0 Å². The molecule has 2 aromatic carbocycles. The summed E-state index contributed by atoms with van der Waals surface area (Å²) in [6.45, 7) is 5.99. The highest BCUT2D eigenvalue weighted by molar-refractivity contribution is 6.04. The summed E-state index contributed by atoms with van der Waals surface area (Å²) in [6, 6.07) is 17.1. The second kappa shape index (κ2) is 8.95. The molecule has 1 aliphatic heterocycles. The SMILES string of the molecule is Cc1cccc(C(=O)Nc2ccc(Nc3cc(C)nc(N4CCCCC4)n3)cc2)c1. The van der Waals surface area contributed by atoms with E-state index in [9.17, 15) is 4.79 Å². The average molecular weight is 402 g/mol. The van der Waals surface area contributed by atoms with Crippen molar-refractivity contribution in [2.75, 3.05) is 28.6 Å². The second-order valence-corrected chi connectivity index (χ2v) is 7.77. The molecular weight excluding hydrogens is 374 g/mol. The third-order valence-corrected chi connectivity index (χ3v) is 5.18. The predicted molar refractivity (Wildman–Crippen MR) is 122 cm³/mol. The van der Waals surface area contributed by atoms with Gasteiger partial charge in [-0.15, -0.1) is 0 Å². The minimum Gasteiger partial charge on any atom is -0.341 e. The van der Waals surface area contributed by atoms with Crippen LogP contribution in [0.1, 0.15) is 40.9 Å². The Morgan fingerprint density at radius 1 is 0.900 bits per heavy atom. The van der Waals surface area contributed by atoms with Gasteiger partial charge < -0.3 is 15.5 Å². The summed E-state index contributed by atoms with van der Waals surface area (Å²) in [7, 11) is 0. The van der Waals surface area contributed by atoms with E-state index < -0.39 is 0 Å². The Morgan fingerprint density at radius 3 is 2.37 bits per heavy atom. The number of benzene rings is 2. The van der Waals surface area contributed by atoms with Gasteiger partial charge in [-0.2, -0.15) is 4.98 Å². The number of hydrogen-bond acceptors (Lipinski definition) is 5. The fourth-order valence-electron chi connectivity index (χ4n) is 3.63. The van der Waals surface area contributed by atoms with E-state index >= 15 is 0 Å². The third-order valence-electron chi connectivity index (χ3n) is 5.18.